The van der Waals surface area contributed by atoms with Crippen molar-refractivity contribution in [3.63, 3.8) is 0 Å². The lowest BCUT2D eigenvalue weighted by molar-refractivity contribution is 0.102. The van der Waals surface area contributed by atoms with Crippen LogP contribution >= 0.6 is 15.9 Å². The molecule has 0 spiro atoms. The minimum Gasteiger partial charge on any atom is -0.447 e. The van der Waals surface area contributed by atoms with E-state index >= 15 is 0 Å². The predicted molar refractivity (Wildman–Crippen MR) is 95.3 cm³/mol. The molecule has 6 nitrogen and oxygen atoms in total. The minimum absolute atomic E-state index is 0.136. The molecule has 2 rings (SSSR count). The van der Waals surface area contributed by atoms with Crippen LogP contribution in [-0.2, 0) is 9.47 Å². The maximum absolute atomic E-state index is 13.1. The summed E-state index contributed by atoms with van der Waals surface area (Å²) in [6.07, 6.45) is -0.623. The molecule has 2 amide bonds. The van der Waals surface area contributed by atoms with E-state index in [0.717, 1.165) is 0 Å². The molecular formula is C17H16BrFN2O4. The Kier molecular flexibility index (Phi) is 6.91. The smallest absolute Gasteiger partial charge is 0.411 e. The van der Waals surface area contributed by atoms with E-state index in [4.69, 9.17) is 9.47 Å². The summed E-state index contributed by atoms with van der Waals surface area (Å²) in [5.41, 5.74) is 1.22. The van der Waals surface area contributed by atoms with Crippen molar-refractivity contribution < 1.29 is 23.5 Å². The molecule has 0 heterocycles. The van der Waals surface area contributed by atoms with E-state index in [1.807, 2.05) is 0 Å². The Labute approximate surface area is 152 Å². The maximum atomic E-state index is 13.1. The molecule has 25 heavy (non-hydrogen) atoms. The first-order valence-corrected chi connectivity index (χ1v) is 8.08. The molecule has 0 bridgehead atoms. The van der Waals surface area contributed by atoms with Gasteiger partial charge in [0, 0.05) is 23.0 Å². The van der Waals surface area contributed by atoms with E-state index in [0.29, 0.717) is 28.0 Å². The van der Waals surface area contributed by atoms with Crippen molar-refractivity contribution >= 4 is 39.3 Å². The lowest BCUT2D eigenvalue weighted by atomic mass is 10.2. The number of halogens is 2. The zero-order valence-electron chi connectivity index (χ0n) is 13.3. The molecule has 0 atom stereocenters. The monoisotopic (exact) mass is 410 g/mol. The number of amides is 2. The van der Waals surface area contributed by atoms with Crippen LogP contribution in [0.1, 0.15) is 10.4 Å². The molecule has 2 aromatic rings. The fourth-order valence-corrected chi connectivity index (χ4v) is 2.45. The first kappa shape index (κ1) is 18.9. The number of anilines is 2. The summed E-state index contributed by atoms with van der Waals surface area (Å²) in [6, 6.07) is 10.4. The second kappa shape index (κ2) is 9.14. The van der Waals surface area contributed by atoms with Crippen molar-refractivity contribution in [3.8, 4) is 0 Å². The predicted octanol–water partition coefficient (Wildman–Crippen LogP) is 4.04. The Morgan fingerprint density at radius 1 is 1.08 bits per heavy atom. The zero-order chi connectivity index (χ0) is 18.2. The number of hydrogen-bond donors (Lipinski definition) is 2. The van der Waals surface area contributed by atoms with E-state index in [9.17, 15) is 14.0 Å². The number of methoxy groups -OCH3 is 1. The summed E-state index contributed by atoms with van der Waals surface area (Å²) in [5.74, 6) is -0.853. The summed E-state index contributed by atoms with van der Waals surface area (Å²) in [7, 11) is 1.51. The standard InChI is InChI=1S/C17H16BrFN2O4/c1-24-7-8-25-17(23)21-13-4-2-3-12(10-13)20-16(22)14-6-5-11(19)9-15(14)18/h2-6,9-10H,7-8H2,1H3,(H,20,22)(H,21,23). The van der Waals surface area contributed by atoms with Gasteiger partial charge in [-0.1, -0.05) is 6.07 Å². The van der Waals surface area contributed by atoms with Crippen LogP contribution in [0, 0.1) is 5.82 Å². The average Bonchev–Trinajstić information content (AvgIpc) is 2.55. The van der Waals surface area contributed by atoms with Gasteiger partial charge in [-0.05, 0) is 52.3 Å². The molecule has 0 aromatic heterocycles. The van der Waals surface area contributed by atoms with Gasteiger partial charge in [0.05, 0.1) is 12.2 Å². The van der Waals surface area contributed by atoms with Crippen molar-refractivity contribution in [2.75, 3.05) is 31.0 Å². The largest absolute Gasteiger partial charge is 0.447 e. The number of ether oxygens (including phenoxy) is 2. The van der Waals surface area contributed by atoms with Crippen molar-refractivity contribution in [2.45, 2.75) is 0 Å². The van der Waals surface area contributed by atoms with Crippen molar-refractivity contribution in [1.29, 1.82) is 0 Å². The fraction of sp³-hybridized carbons (Fsp3) is 0.176. The highest BCUT2D eigenvalue weighted by atomic mass is 79.9. The van der Waals surface area contributed by atoms with Crippen LogP contribution in [0.4, 0.5) is 20.6 Å². The van der Waals surface area contributed by atoms with Crippen LogP contribution in [0.2, 0.25) is 0 Å². The highest BCUT2D eigenvalue weighted by Crippen LogP contribution is 2.21. The van der Waals surface area contributed by atoms with Gasteiger partial charge in [-0.15, -0.1) is 0 Å². The van der Waals surface area contributed by atoms with Gasteiger partial charge in [-0.3, -0.25) is 10.1 Å². The first-order valence-electron chi connectivity index (χ1n) is 7.29. The molecule has 0 aliphatic heterocycles. The highest BCUT2D eigenvalue weighted by Gasteiger charge is 2.11. The van der Waals surface area contributed by atoms with Gasteiger partial charge in [0.15, 0.2) is 0 Å². The molecule has 0 unspecified atom stereocenters. The first-order chi connectivity index (χ1) is 12.0. The Bertz CT molecular complexity index is 770. The molecule has 0 radical (unpaired) electrons. The molecule has 0 saturated heterocycles. The molecular weight excluding hydrogens is 395 g/mol. The molecule has 132 valence electrons. The molecule has 2 aromatic carbocycles. The van der Waals surface area contributed by atoms with Crippen molar-refractivity contribution in [3.05, 3.63) is 58.3 Å². The number of carbonyl (C=O) groups is 2. The Balaban J connectivity index is 2.01. The van der Waals surface area contributed by atoms with Gasteiger partial charge in [-0.2, -0.15) is 0 Å². The lowest BCUT2D eigenvalue weighted by Crippen LogP contribution is -2.17. The van der Waals surface area contributed by atoms with Crippen LogP contribution in [0.3, 0.4) is 0 Å². The second-order valence-corrected chi connectivity index (χ2v) is 5.77. The van der Waals surface area contributed by atoms with Crippen LogP contribution in [0.25, 0.3) is 0 Å². The number of nitrogens with one attached hydrogen (secondary N) is 2. The number of benzene rings is 2. The normalized spacial score (nSPS) is 10.2. The van der Waals surface area contributed by atoms with Gasteiger partial charge in [0.1, 0.15) is 12.4 Å². The van der Waals surface area contributed by atoms with E-state index in [2.05, 4.69) is 26.6 Å². The summed E-state index contributed by atoms with van der Waals surface area (Å²) in [4.78, 5) is 23.9. The Morgan fingerprint density at radius 2 is 1.80 bits per heavy atom. The molecule has 0 fully saturated rings. The van der Waals surface area contributed by atoms with Crippen LogP contribution in [0.15, 0.2) is 46.9 Å². The van der Waals surface area contributed by atoms with Gasteiger partial charge in [0.25, 0.3) is 5.91 Å². The quantitative estimate of drug-likeness (QED) is 0.704. The molecule has 0 aliphatic rings. The number of rotatable bonds is 6. The van der Waals surface area contributed by atoms with Gasteiger partial charge in [0.2, 0.25) is 0 Å². The molecule has 2 N–H and O–H groups in total. The molecule has 0 aliphatic carbocycles. The van der Waals surface area contributed by atoms with E-state index < -0.39 is 17.8 Å². The van der Waals surface area contributed by atoms with E-state index in [1.165, 1.54) is 25.3 Å². The maximum Gasteiger partial charge on any atom is 0.411 e. The fourth-order valence-electron chi connectivity index (χ4n) is 1.92. The molecule has 8 heteroatoms. The highest BCUT2D eigenvalue weighted by molar-refractivity contribution is 9.10. The third-order valence-corrected chi connectivity index (χ3v) is 3.72. The third-order valence-electron chi connectivity index (χ3n) is 3.06. The van der Waals surface area contributed by atoms with Gasteiger partial charge < -0.3 is 14.8 Å². The van der Waals surface area contributed by atoms with Gasteiger partial charge in [-0.25, -0.2) is 9.18 Å². The van der Waals surface area contributed by atoms with Crippen LogP contribution in [0.5, 0.6) is 0 Å². The van der Waals surface area contributed by atoms with E-state index in [-0.39, 0.29) is 6.61 Å². The van der Waals surface area contributed by atoms with Gasteiger partial charge >= 0.3 is 6.09 Å². The Hall–Kier alpha value is -2.45. The SMILES string of the molecule is COCCOC(=O)Nc1cccc(NC(=O)c2ccc(F)cc2Br)c1. The zero-order valence-corrected chi connectivity index (χ0v) is 14.9. The summed E-state index contributed by atoms with van der Waals surface area (Å²) >= 11 is 3.15. The summed E-state index contributed by atoms with van der Waals surface area (Å²) in [5, 5.41) is 5.23. The second-order valence-electron chi connectivity index (χ2n) is 4.91. The number of carbonyl (C=O) groups excluding carboxylic acids is 2. The minimum atomic E-state index is -0.623. The van der Waals surface area contributed by atoms with Crippen LogP contribution < -0.4 is 10.6 Å². The van der Waals surface area contributed by atoms with E-state index in [1.54, 1.807) is 24.3 Å². The van der Waals surface area contributed by atoms with Crippen LogP contribution in [-0.4, -0.2) is 32.3 Å². The van der Waals surface area contributed by atoms with Crippen molar-refractivity contribution in [1.82, 2.24) is 0 Å². The number of hydrogen-bond acceptors (Lipinski definition) is 4. The third kappa shape index (κ3) is 5.84. The lowest BCUT2D eigenvalue weighted by Gasteiger charge is -2.10. The summed E-state index contributed by atoms with van der Waals surface area (Å²) < 4.78 is 23.1. The topological polar surface area (TPSA) is 76.7 Å². The molecule has 0 saturated carbocycles. The van der Waals surface area contributed by atoms with Crippen molar-refractivity contribution in [2.24, 2.45) is 0 Å². The Morgan fingerprint density at radius 3 is 2.48 bits per heavy atom. The average molecular weight is 411 g/mol. The summed E-state index contributed by atoms with van der Waals surface area (Å²) in [6.45, 7) is 0.438.